The minimum atomic E-state index is 0.767. The van der Waals surface area contributed by atoms with Gasteiger partial charge in [-0.1, -0.05) is 0 Å². The number of ether oxygens (including phenoxy) is 1. The van der Waals surface area contributed by atoms with Crippen molar-refractivity contribution in [3.05, 3.63) is 17.0 Å². The number of hydrogen-bond donors (Lipinski definition) is 1. The second-order valence-corrected chi connectivity index (χ2v) is 4.81. The van der Waals surface area contributed by atoms with E-state index in [4.69, 9.17) is 4.74 Å². The fourth-order valence-corrected chi connectivity index (χ4v) is 2.18. The Bertz CT molecular complexity index is 329. The van der Waals surface area contributed by atoms with Crippen LogP contribution in [0.2, 0.25) is 0 Å². The number of halogens is 1. The highest BCUT2D eigenvalue weighted by Gasteiger charge is 2.12. The molecule has 1 fully saturated rings. The van der Waals surface area contributed by atoms with Crippen LogP contribution in [0, 0.1) is 5.92 Å². The summed E-state index contributed by atoms with van der Waals surface area (Å²) in [6.07, 6.45) is 6.98. The monoisotopic (exact) mass is 285 g/mol. The van der Waals surface area contributed by atoms with E-state index < -0.39 is 0 Å². The zero-order valence-electron chi connectivity index (χ0n) is 9.16. The zero-order chi connectivity index (χ0) is 11.2. The Morgan fingerprint density at radius 3 is 2.94 bits per heavy atom. The van der Waals surface area contributed by atoms with Crippen molar-refractivity contribution >= 4 is 21.7 Å². The summed E-state index contributed by atoms with van der Waals surface area (Å²) >= 11 is 3.30. The van der Waals surface area contributed by atoms with Gasteiger partial charge in [0.15, 0.2) is 0 Å². The van der Waals surface area contributed by atoms with Gasteiger partial charge in [-0.05, 0) is 41.1 Å². The second-order valence-electron chi connectivity index (χ2n) is 4.00. The average molecular weight is 286 g/mol. The maximum Gasteiger partial charge on any atom is 0.145 e. The van der Waals surface area contributed by atoms with Gasteiger partial charge in [0.25, 0.3) is 0 Å². The fraction of sp³-hybridized carbons (Fsp3) is 0.636. The van der Waals surface area contributed by atoms with Crippen LogP contribution in [-0.2, 0) is 4.74 Å². The fourth-order valence-electron chi connectivity index (χ4n) is 1.87. The first-order valence-corrected chi connectivity index (χ1v) is 6.43. The van der Waals surface area contributed by atoms with Gasteiger partial charge >= 0.3 is 0 Å². The van der Waals surface area contributed by atoms with Gasteiger partial charge in [0, 0.05) is 19.8 Å². The lowest BCUT2D eigenvalue weighted by molar-refractivity contribution is 0.0649. The van der Waals surface area contributed by atoms with Crippen molar-refractivity contribution in [3.63, 3.8) is 0 Å². The minimum Gasteiger partial charge on any atom is -0.381 e. The first-order chi connectivity index (χ1) is 7.84. The Morgan fingerprint density at radius 2 is 2.19 bits per heavy atom. The minimum absolute atomic E-state index is 0.767. The average Bonchev–Trinajstić information content (AvgIpc) is 2.30. The quantitative estimate of drug-likeness (QED) is 0.923. The molecule has 0 atom stereocenters. The summed E-state index contributed by atoms with van der Waals surface area (Å²) in [5.41, 5.74) is 0. The number of rotatable bonds is 4. The normalized spacial score (nSPS) is 17.3. The Balaban J connectivity index is 1.71. The third-order valence-electron chi connectivity index (χ3n) is 2.80. The number of hydrogen-bond acceptors (Lipinski definition) is 4. The van der Waals surface area contributed by atoms with E-state index in [1.807, 2.05) is 0 Å². The molecule has 1 aromatic rings. The third-order valence-corrected chi connectivity index (χ3v) is 3.19. The molecule has 0 radical (unpaired) electrons. The van der Waals surface area contributed by atoms with Crippen LogP contribution in [-0.4, -0.2) is 29.7 Å². The summed E-state index contributed by atoms with van der Waals surface area (Å²) in [6.45, 7) is 2.79. The molecule has 0 bridgehead atoms. The highest BCUT2D eigenvalue weighted by atomic mass is 79.9. The van der Waals surface area contributed by atoms with E-state index in [-0.39, 0.29) is 0 Å². The maximum atomic E-state index is 5.33. The SMILES string of the molecule is Brc1cncc(NCCC2CCOCC2)n1. The Labute approximate surface area is 104 Å². The molecular formula is C11H16BrN3O. The van der Waals surface area contributed by atoms with Crippen LogP contribution >= 0.6 is 15.9 Å². The summed E-state index contributed by atoms with van der Waals surface area (Å²) < 4.78 is 6.10. The Hall–Kier alpha value is -0.680. The summed E-state index contributed by atoms with van der Waals surface area (Å²) in [7, 11) is 0. The second kappa shape index (κ2) is 6.15. The van der Waals surface area contributed by atoms with Crippen molar-refractivity contribution in [3.8, 4) is 0 Å². The molecule has 0 saturated carbocycles. The molecule has 2 heterocycles. The highest BCUT2D eigenvalue weighted by molar-refractivity contribution is 9.10. The summed E-state index contributed by atoms with van der Waals surface area (Å²) in [5.74, 6) is 1.63. The molecule has 16 heavy (non-hydrogen) atoms. The van der Waals surface area contributed by atoms with E-state index in [0.29, 0.717) is 0 Å². The smallest absolute Gasteiger partial charge is 0.145 e. The summed E-state index contributed by atoms with van der Waals surface area (Å²) in [4.78, 5) is 8.33. The number of aromatic nitrogens is 2. The number of nitrogens with one attached hydrogen (secondary N) is 1. The third kappa shape index (κ3) is 3.72. The molecule has 1 saturated heterocycles. The zero-order valence-corrected chi connectivity index (χ0v) is 10.7. The van der Waals surface area contributed by atoms with Crippen molar-refractivity contribution in [2.75, 3.05) is 25.1 Å². The molecule has 1 aliphatic rings. The number of anilines is 1. The van der Waals surface area contributed by atoms with Crippen molar-refractivity contribution < 1.29 is 4.74 Å². The molecule has 1 aliphatic heterocycles. The first-order valence-electron chi connectivity index (χ1n) is 5.64. The van der Waals surface area contributed by atoms with E-state index in [1.54, 1.807) is 12.4 Å². The van der Waals surface area contributed by atoms with Gasteiger partial charge in [-0.3, -0.25) is 4.98 Å². The van der Waals surface area contributed by atoms with E-state index in [9.17, 15) is 0 Å². The van der Waals surface area contributed by atoms with Gasteiger partial charge in [-0.25, -0.2) is 4.98 Å². The molecule has 1 aromatic heterocycles. The lowest BCUT2D eigenvalue weighted by Crippen LogP contribution is -2.18. The van der Waals surface area contributed by atoms with Gasteiger partial charge in [0.1, 0.15) is 10.4 Å². The van der Waals surface area contributed by atoms with Gasteiger partial charge in [-0.15, -0.1) is 0 Å². The molecule has 4 nitrogen and oxygen atoms in total. The molecular weight excluding hydrogens is 270 g/mol. The standard InChI is InChI=1S/C11H16BrN3O/c12-10-7-13-8-11(15-10)14-4-1-9-2-5-16-6-3-9/h7-9H,1-6H2,(H,14,15). The van der Waals surface area contributed by atoms with Gasteiger partial charge < -0.3 is 10.1 Å². The molecule has 0 unspecified atom stereocenters. The lowest BCUT2D eigenvalue weighted by Gasteiger charge is -2.21. The topological polar surface area (TPSA) is 47.0 Å². The lowest BCUT2D eigenvalue weighted by atomic mass is 9.97. The van der Waals surface area contributed by atoms with E-state index >= 15 is 0 Å². The molecule has 1 N–H and O–H groups in total. The van der Waals surface area contributed by atoms with Crippen molar-refractivity contribution in [2.24, 2.45) is 5.92 Å². The summed E-state index contributed by atoms with van der Waals surface area (Å²) in [5, 5.41) is 3.29. The van der Waals surface area contributed by atoms with Crippen molar-refractivity contribution in [1.29, 1.82) is 0 Å². The molecule has 0 aromatic carbocycles. The van der Waals surface area contributed by atoms with Gasteiger partial charge in [0.05, 0.1) is 12.4 Å². The van der Waals surface area contributed by atoms with E-state index in [0.717, 1.165) is 36.1 Å². The van der Waals surface area contributed by atoms with Crippen LogP contribution in [0.3, 0.4) is 0 Å². The predicted molar refractivity (Wildman–Crippen MR) is 66.4 cm³/mol. The molecule has 0 amide bonds. The molecule has 0 aliphatic carbocycles. The van der Waals surface area contributed by atoms with Crippen molar-refractivity contribution in [2.45, 2.75) is 19.3 Å². The van der Waals surface area contributed by atoms with E-state index in [2.05, 4.69) is 31.2 Å². The Kier molecular flexibility index (Phi) is 4.54. The van der Waals surface area contributed by atoms with Crippen LogP contribution in [0.1, 0.15) is 19.3 Å². The molecule has 5 heteroatoms. The van der Waals surface area contributed by atoms with E-state index in [1.165, 1.54) is 19.3 Å². The molecule has 2 rings (SSSR count). The predicted octanol–water partition coefficient (Wildman–Crippen LogP) is 2.47. The summed E-state index contributed by atoms with van der Waals surface area (Å²) in [6, 6.07) is 0. The highest BCUT2D eigenvalue weighted by Crippen LogP contribution is 2.18. The van der Waals surface area contributed by atoms with Gasteiger partial charge in [0.2, 0.25) is 0 Å². The van der Waals surface area contributed by atoms with Crippen LogP contribution in [0.5, 0.6) is 0 Å². The van der Waals surface area contributed by atoms with Crippen LogP contribution < -0.4 is 5.32 Å². The van der Waals surface area contributed by atoms with Crippen LogP contribution in [0.4, 0.5) is 5.82 Å². The maximum absolute atomic E-state index is 5.33. The largest absolute Gasteiger partial charge is 0.381 e. The molecule has 0 spiro atoms. The molecule has 88 valence electrons. The van der Waals surface area contributed by atoms with Gasteiger partial charge in [-0.2, -0.15) is 0 Å². The van der Waals surface area contributed by atoms with Crippen LogP contribution in [0.25, 0.3) is 0 Å². The Morgan fingerprint density at radius 1 is 1.38 bits per heavy atom. The van der Waals surface area contributed by atoms with Crippen molar-refractivity contribution in [1.82, 2.24) is 9.97 Å². The van der Waals surface area contributed by atoms with Crippen LogP contribution in [0.15, 0.2) is 17.0 Å². The first kappa shape index (κ1) is 11.8. The number of nitrogens with zero attached hydrogens (tertiary/aromatic N) is 2.